The molecular weight excluding hydrogens is 264 g/mol. The van der Waals surface area contributed by atoms with Crippen LogP contribution in [0.5, 0.6) is 0 Å². The zero-order valence-corrected chi connectivity index (χ0v) is 9.60. The molecule has 1 aromatic carbocycles. The molecular formula is C12H10F4N2O. The predicted molar refractivity (Wildman–Crippen MR) is 58.6 cm³/mol. The van der Waals surface area contributed by atoms with Gasteiger partial charge in [0.1, 0.15) is 11.9 Å². The fourth-order valence-electron chi connectivity index (χ4n) is 1.63. The second-order valence-corrected chi connectivity index (χ2v) is 3.99. The Morgan fingerprint density at radius 3 is 2.53 bits per heavy atom. The third-order valence-electron chi connectivity index (χ3n) is 2.58. The highest BCUT2D eigenvalue weighted by molar-refractivity contribution is 5.19. The Morgan fingerprint density at radius 2 is 1.95 bits per heavy atom. The highest BCUT2D eigenvalue weighted by Crippen LogP contribution is 2.29. The van der Waals surface area contributed by atoms with Gasteiger partial charge in [-0.2, -0.15) is 18.3 Å². The second kappa shape index (κ2) is 5.00. The zero-order chi connectivity index (χ0) is 14.0. The summed E-state index contributed by atoms with van der Waals surface area (Å²) in [5.41, 5.74) is -0.889. The monoisotopic (exact) mass is 274 g/mol. The van der Waals surface area contributed by atoms with Gasteiger partial charge in [0.2, 0.25) is 0 Å². The molecule has 7 heteroatoms. The number of aliphatic hydroxyl groups is 1. The smallest absolute Gasteiger partial charge is 0.386 e. The van der Waals surface area contributed by atoms with Gasteiger partial charge in [0.15, 0.2) is 0 Å². The van der Waals surface area contributed by atoms with Crippen molar-refractivity contribution in [2.75, 3.05) is 0 Å². The molecule has 0 aliphatic rings. The van der Waals surface area contributed by atoms with Crippen molar-refractivity contribution in [3.8, 4) is 0 Å². The first-order chi connectivity index (χ1) is 8.88. The molecule has 3 nitrogen and oxygen atoms in total. The van der Waals surface area contributed by atoms with Crippen molar-refractivity contribution in [3.63, 3.8) is 0 Å². The van der Waals surface area contributed by atoms with Crippen molar-refractivity contribution in [3.05, 3.63) is 53.6 Å². The Balaban J connectivity index is 2.14. The SMILES string of the molecule is OC(Cn1cc(C(F)(F)F)cn1)c1ccccc1F. The van der Waals surface area contributed by atoms with E-state index in [4.69, 9.17) is 0 Å². The molecule has 0 spiro atoms. The van der Waals surface area contributed by atoms with E-state index in [9.17, 15) is 22.7 Å². The van der Waals surface area contributed by atoms with Gasteiger partial charge in [0, 0.05) is 11.8 Å². The molecule has 19 heavy (non-hydrogen) atoms. The first-order valence-corrected chi connectivity index (χ1v) is 5.40. The van der Waals surface area contributed by atoms with Crippen LogP contribution in [0.1, 0.15) is 17.2 Å². The number of benzene rings is 1. The van der Waals surface area contributed by atoms with Gasteiger partial charge in [-0.3, -0.25) is 4.68 Å². The van der Waals surface area contributed by atoms with Crippen LogP contribution >= 0.6 is 0 Å². The Hall–Kier alpha value is -1.89. The molecule has 0 saturated carbocycles. The van der Waals surface area contributed by atoms with Crippen molar-refractivity contribution in [2.45, 2.75) is 18.8 Å². The van der Waals surface area contributed by atoms with Crippen LogP contribution in [-0.4, -0.2) is 14.9 Å². The van der Waals surface area contributed by atoms with Crippen LogP contribution in [0.15, 0.2) is 36.7 Å². The lowest BCUT2D eigenvalue weighted by Crippen LogP contribution is -2.11. The molecule has 0 bridgehead atoms. The van der Waals surface area contributed by atoms with Crippen LogP contribution in [-0.2, 0) is 12.7 Å². The maximum absolute atomic E-state index is 13.4. The van der Waals surface area contributed by atoms with Gasteiger partial charge < -0.3 is 5.11 Å². The molecule has 1 heterocycles. The molecule has 0 fully saturated rings. The molecule has 1 unspecified atom stereocenters. The van der Waals surface area contributed by atoms with E-state index in [0.29, 0.717) is 6.20 Å². The molecule has 2 rings (SSSR count). The van der Waals surface area contributed by atoms with E-state index in [0.717, 1.165) is 10.9 Å². The zero-order valence-electron chi connectivity index (χ0n) is 9.60. The van der Waals surface area contributed by atoms with Crippen LogP contribution < -0.4 is 0 Å². The normalized spacial score (nSPS) is 13.5. The average Bonchev–Trinajstić information content (AvgIpc) is 2.77. The summed E-state index contributed by atoms with van der Waals surface area (Å²) in [6, 6.07) is 5.53. The van der Waals surface area contributed by atoms with Crippen molar-refractivity contribution in [1.29, 1.82) is 0 Å². The molecule has 0 aliphatic carbocycles. The van der Waals surface area contributed by atoms with Crippen molar-refractivity contribution >= 4 is 0 Å². The van der Waals surface area contributed by atoms with Gasteiger partial charge in [0.25, 0.3) is 0 Å². The van der Waals surface area contributed by atoms with Crippen molar-refractivity contribution in [2.24, 2.45) is 0 Å². The number of halogens is 4. The van der Waals surface area contributed by atoms with E-state index >= 15 is 0 Å². The van der Waals surface area contributed by atoms with E-state index in [2.05, 4.69) is 5.10 Å². The number of rotatable bonds is 3. The van der Waals surface area contributed by atoms with Crippen LogP contribution in [0, 0.1) is 5.82 Å². The lowest BCUT2D eigenvalue weighted by Gasteiger charge is -2.11. The molecule has 0 amide bonds. The minimum Gasteiger partial charge on any atom is -0.386 e. The predicted octanol–water partition coefficient (Wildman–Crippen LogP) is 2.77. The summed E-state index contributed by atoms with van der Waals surface area (Å²) < 4.78 is 51.3. The molecule has 0 radical (unpaired) electrons. The van der Waals surface area contributed by atoms with Gasteiger partial charge in [-0.25, -0.2) is 4.39 Å². The maximum Gasteiger partial charge on any atom is 0.419 e. The minimum atomic E-state index is -4.48. The first kappa shape index (κ1) is 13.5. The standard InChI is InChI=1S/C12H10F4N2O/c13-10-4-2-1-3-9(10)11(19)7-18-6-8(5-17-18)12(14,15)16/h1-6,11,19H,7H2. The molecule has 1 aromatic heterocycles. The molecule has 1 N–H and O–H groups in total. The fraction of sp³-hybridized carbons (Fsp3) is 0.250. The van der Waals surface area contributed by atoms with Crippen LogP contribution in [0.25, 0.3) is 0 Å². The summed E-state index contributed by atoms with van der Waals surface area (Å²) in [5.74, 6) is -0.613. The maximum atomic E-state index is 13.4. The van der Waals surface area contributed by atoms with Gasteiger partial charge in [-0.1, -0.05) is 18.2 Å². The Labute approximate surface area is 106 Å². The van der Waals surface area contributed by atoms with E-state index in [1.54, 1.807) is 0 Å². The van der Waals surface area contributed by atoms with E-state index in [1.165, 1.54) is 24.3 Å². The van der Waals surface area contributed by atoms with Gasteiger partial charge >= 0.3 is 6.18 Å². The number of aliphatic hydroxyl groups excluding tert-OH is 1. The Bertz CT molecular complexity index is 565. The summed E-state index contributed by atoms with van der Waals surface area (Å²) in [7, 11) is 0. The van der Waals surface area contributed by atoms with Crippen LogP contribution in [0.4, 0.5) is 17.6 Å². The summed E-state index contributed by atoms with van der Waals surface area (Å²) in [6.45, 7) is -0.253. The summed E-state index contributed by atoms with van der Waals surface area (Å²) >= 11 is 0. The lowest BCUT2D eigenvalue weighted by molar-refractivity contribution is -0.137. The number of hydrogen-bond acceptors (Lipinski definition) is 2. The minimum absolute atomic E-state index is 0.0200. The highest BCUT2D eigenvalue weighted by atomic mass is 19.4. The van der Waals surface area contributed by atoms with E-state index < -0.39 is 23.7 Å². The number of alkyl halides is 3. The first-order valence-electron chi connectivity index (χ1n) is 5.40. The van der Waals surface area contributed by atoms with Crippen LogP contribution in [0.2, 0.25) is 0 Å². The van der Waals surface area contributed by atoms with Crippen molar-refractivity contribution in [1.82, 2.24) is 9.78 Å². The van der Waals surface area contributed by atoms with Crippen LogP contribution in [0.3, 0.4) is 0 Å². The summed E-state index contributed by atoms with van der Waals surface area (Å²) in [5, 5.41) is 13.3. The fourth-order valence-corrected chi connectivity index (χ4v) is 1.63. The lowest BCUT2D eigenvalue weighted by atomic mass is 10.1. The van der Waals surface area contributed by atoms with E-state index in [1.807, 2.05) is 0 Å². The topological polar surface area (TPSA) is 38.0 Å². The number of hydrogen-bond donors (Lipinski definition) is 1. The molecule has 2 aromatic rings. The summed E-state index contributed by atoms with van der Waals surface area (Å²) in [6.07, 6.45) is -4.32. The quantitative estimate of drug-likeness (QED) is 0.874. The third kappa shape index (κ3) is 3.11. The average molecular weight is 274 g/mol. The second-order valence-electron chi connectivity index (χ2n) is 3.99. The van der Waals surface area contributed by atoms with E-state index in [-0.39, 0.29) is 12.1 Å². The van der Waals surface area contributed by atoms with Crippen molar-refractivity contribution < 1.29 is 22.7 Å². The number of nitrogens with zero attached hydrogens (tertiary/aromatic N) is 2. The highest BCUT2D eigenvalue weighted by Gasteiger charge is 2.32. The largest absolute Gasteiger partial charge is 0.419 e. The Morgan fingerprint density at radius 1 is 1.26 bits per heavy atom. The molecule has 0 saturated heterocycles. The van der Waals surface area contributed by atoms with Gasteiger partial charge in [0.05, 0.1) is 18.3 Å². The molecule has 0 aliphatic heterocycles. The van der Waals surface area contributed by atoms with Gasteiger partial charge in [-0.05, 0) is 6.07 Å². The summed E-state index contributed by atoms with van der Waals surface area (Å²) in [4.78, 5) is 0. The van der Waals surface area contributed by atoms with Gasteiger partial charge in [-0.15, -0.1) is 0 Å². The molecule has 102 valence electrons. The third-order valence-corrected chi connectivity index (χ3v) is 2.58. The number of aromatic nitrogens is 2. The Kier molecular flexibility index (Phi) is 3.57. The molecule has 1 atom stereocenters.